The number of hydrazone groups is 1. The highest BCUT2D eigenvalue weighted by molar-refractivity contribution is 6.01. The third-order valence-corrected chi connectivity index (χ3v) is 4.38. The average Bonchev–Trinajstić information content (AvgIpc) is 3.38. The Morgan fingerprint density at radius 3 is 2.48 bits per heavy atom. The van der Waals surface area contributed by atoms with Gasteiger partial charge in [0.15, 0.2) is 0 Å². The van der Waals surface area contributed by atoms with Crippen molar-refractivity contribution in [1.29, 1.82) is 0 Å². The maximum absolute atomic E-state index is 12.3. The summed E-state index contributed by atoms with van der Waals surface area (Å²) in [5, 5.41) is 4.35. The number of amides is 1. The monoisotopic (exact) mass is 306 g/mol. The van der Waals surface area contributed by atoms with E-state index >= 15 is 0 Å². The van der Waals surface area contributed by atoms with E-state index in [1.807, 2.05) is 30.3 Å². The van der Waals surface area contributed by atoms with Crippen molar-refractivity contribution >= 4 is 11.6 Å². The van der Waals surface area contributed by atoms with Crippen LogP contribution in [0.2, 0.25) is 0 Å². The largest absolute Gasteiger partial charge is 0.273 e. The molecule has 1 fully saturated rings. The highest BCUT2D eigenvalue weighted by atomic mass is 16.2. The second-order valence-electron chi connectivity index (χ2n) is 6.11. The zero-order chi connectivity index (χ0) is 16.2. The fraction of sp³-hybridized carbons (Fsp3) is 0.300. The zero-order valence-corrected chi connectivity index (χ0v) is 13.6. The number of nitrogens with zero attached hydrogens (tertiary/aromatic N) is 1. The molecule has 3 rings (SSSR count). The molecule has 1 saturated carbocycles. The lowest BCUT2D eigenvalue weighted by molar-refractivity contribution is -0.122. The van der Waals surface area contributed by atoms with Crippen LogP contribution in [0.3, 0.4) is 0 Å². The van der Waals surface area contributed by atoms with Gasteiger partial charge in [0.05, 0.1) is 5.71 Å². The van der Waals surface area contributed by atoms with E-state index < -0.39 is 0 Å². The van der Waals surface area contributed by atoms with Gasteiger partial charge in [-0.05, 0) is 36.8 Å². The second-order valence-corrected chi connectivity index (χ2v) is 6.11. The van der Waals surface area contributed by atoms with Crippen LogP contribution in [-0.2, 0) is 4.79 Å². The molecule has 0 radical (unpaired) electrons. The fourth-order valence-corrected chi connectivity index (χ4v) is 2.85. The molecule has 0 heterocycles. The Morgan fingerprint density at radius 2 is 1.83 bits per heavy atom. The predicted octanol–water partition coefficient (Wildman–Crippen LogP) is 4.03. The summed E-state index contributed by atoms with van der Waals surface area (Å²) in [6.45, 7) is 4.11. The van der Waals surface area contributed by atoms with Crippen molar-refractivity contribution in [1.82, 2.24) is 5.43 Å². The Kier molecular flexibility index (Phi) is 4.56. The minimum atomic E-state index is 0.0249. The van der Waals surface area contributed by atoms with Gasteiger partial charge in [-0.3, -0.25) is 4.79 Å². The van der Waals surface area contributed by atoms with E-state index in [1.165, 1.54) is 11.1 Å². The molecule has 2 atom stereocenters. The fourth-order valence-electron chi connectivity index (χ4n) is 2.85. The van der Waals surface area contributed by atoms with Gasteiger partial charge in [-0.25, -0.2) is 5.43 Å². The first-order valence-corrected chi connectivity index (χ1v) is 8.17. The van der Waals surface area contributed by atoms with Crippen LogP contribution in [0.4, 0.5) is 0 Å². The molecule has 1 amide bonds. The van der Waals surface area contributed by atoms with Gasteiger partial charge in [0.25, 0.3) is 0 Å². The van der Waals surface area contributed by atoms with Crippen LogP contribution in [0.15, 0.2) is 59.7 Å². The van der Waals surface area contributed by atoms with Gasteiger partial charge in [0, 0.05) is 5.92 Å². The quantitative estimate of drug-likeness (QED) is 0.657. The van der Waals surface area contributed by atoms with Crippen molar-refractivity contribution in [2.45, 2.75) is 32.6 Å². The van der Waals surface area contributed by atoms with Gasteiger partial charge in [-0.1, -0.05) is 67.1 Å². The van der Waals surface area contributed by atoms with Gasteiger partial charge in [-0.15, -0.1) is 0 Å². The molecular formula is C20H22N2O. The molecule has 0 aliphatic heterocycles. The summed E-state index contributed by atoms with van der Waals surface area (Å²) in [6, 6.07) is 18.4. The maximum atomic E-state index is 12.3. The summed E-state index contributed by atoms with van der Waals surface area (Å²) in [4.78, 5) is 12.3. The second kappa shape index (κ2) is 6.78. The third kappa shape index (κ3) is 3.67. The molecule has 1 aliphatic rings. The minimum Gasteiger partial charge on any atom is -0.273 e. The van der Waals surface area contributed by atoms with E-state index in [4.69, 9.17) is 0 Å². The molecule has 2 aromatic carbocycles. The summed E-state index contributed by atoms with van der Waals surface area (Å²) in [5.41, 5.74) is 7.19. The van der Waals surface area contributed by atoms with Crippen LogP contribution in [0.5, 0.6) is 0 Å². The van der Waals surface area contributed by atoms with Gasteiger partial charge in [-0.2, -0.15) is 5.10 Å². The van der Waals surface area contributed by atoms with Crippen molar-refractivity contribution in [2.24, 2.45) is 11.0 Å². The van der Waals surface area contributed by atoms with Gasteiger partial charge in [0.2, 0.25) is 5.91 Å². The smallest absolute Gasteiger partial charge is 0.243 e. The first kappa shape index (κ1) is 15.5. The molecule has 0 spiro atoms. The number of benzene rings is 2. The Bertz CT molecular complexity index is 704. The van der Waals surface area contributed by atoms with E-state index in [0.29, 0.717) is 5.92 Å². The molecule has 23 heavy (non-hydrogen) atoms. The predicted molar refractivity (Wildman–Crippen MR) is 93.4 cm³/mol. The van der Waals surface area contributed by atoms with E-state index in [1.54, 1.807) is 0 Å². The molecule has 1 N–H and O–H groups in total. The lowest BCUT2D eigenvalue weighted by Gasteiger charge is -2.06. The molecule has 0 bridgehead atoms. The van der Waals surface area contributed by atoms with E-state index in [-0.39, 0.29) is 11.8 Å². The molecule has 0 unspecified atom stereocenters. The van der Waals surface area contributed by atoms with Gasteiger partial charge >= 0.3 is 0 Å². The Morgan fingerprint density at radius 1 is 1.13 bits per heavy atom. The Hall–Kier alpha value is -2.42. The van der Waals surface area contributed by atoms with E-state index in [0.717, 1.165) is 24.1 Å². The topological polar surface area (TPSA) is 41.5 Å². The van der Waals surface area contributed by atoms with Crippen LogP contribution >= 0.6 is 0 Å². The summed E-state index contributed by atoms with van der Waals surface area (Å²) in [7, 11) is 0. The van der Waals surface area contributed by atoms with Crippen LogP contribution in [-0.4, -0.2) is 11.6 Å². The number of carbonyl (C=O) groups is 1. The van der Waals surface area contributed by atoms with Crippen molar-refractivity contribution < 1.29 is 4.79 Å². The molecule has 1 aliphatic carbocycles. The summed E-state index contributed by atoms with van der Waals surface area (Å²) < 4.78 is 0. The SMILES string of the molecule is CC/C(=N/NC(=O)[C@H]1C[C@@H]1c1ccccc1)c1ccc(C)cc1. The molecule has 0 saturated heterocycles. The number of hydrogen-bond donors (Lipinski definition) is 1. The lowest BCUT2D eigenvalue weighted by Crippen LogP contribution is -2.22. The average molecular weight is 306 g/mol. The maximum Gasteiger partial charge on any atom is 0.243 e. The molecule has 3 nitrogen and oxygen atoms in total. The Labute approximate surface area is 137 Å². The summed E-state index contributed by atoms with van der Waals surface area (Å²) >= 11 is 0. The first-order valence-electron chi connectivity index (χ1n) is 8.17. The Balaban J connectivity index is 1.63. The number of rotatable bonds is 5. The number of nitrogens with one attached hydrogen (secondary N) is 1. The van der Waals surface area contributed by atoms with E-state index in [9.17, 15) is 4.79 Å². The van der Waals surface area contributed by atoms with Crippen molar-refractivity contribution in [3.8, 4) is 0 Å². The van der Waals surface area contributed by atoms with Crippen molar-refractivity contribution in [2.75, 3.05) is 0 Å². The normalized spacial score (nSPS) is 20.2. The molecule has 2 aromatic rings. The third-order valence-electron chi connectivity index (χ3n) is 4.38. The standard InChI is InChI=1S/C20H22N2O/c1-3-19(16-11-9-14(2)10-12-16)21-22-20(23)18-13-17(18)15-7-5-4-6-8-15/h4-12,17-18H,3,13H2,1-2H3,(H,22,23)/b21-19-/t17-,18+/m1/s1. The van der Waals surface area contributed by atoms with Crippen LogP contribution in [0, 0.1) is 12.8 Å². The van der Waals surface area contributed by atoms with Crippen molar-refractivity contribution in [3.63, 3.8) is 0 Å². The minimum absolute atomic E-state index is 0.0249. The molecule has 0 aromatic heterocycles. The van der Waals surface area contributed by atoms with Gasteiger partial charge < -0.3 is 0 Å². The summed E-state index contributed by atoms with van der Waals surface area (Å²) in [5.74, 6) is 0.421. The molecule has 118 valence electrons. The van der Waals surface area contributed by atoms with Crippen LogP contribution in [0.25, 0.3) is 0 Å². The molecule has 3 heteroatoms. The van der Waals surface area contributed by atoms with Crippen LogP contribution < -0.4 is 5.43 Å². The highest BCUT2D eigenvalue weighted by Gasteiger charge is 2.43. The lowest BCUT2D eigenvalue weighted by atomic mass is 10.1. The van der Waals surface area contributed by atoms with Crippen molar-refractivity contribution in [3.05, 3.63) is 71.3 Å². The van der Waals surface area contributed by atoms with E-state index in [2.05, 4.69) is 48.6 Å². The van der Waals surface area contributed by atoms with Gasteiger partial charge in [0.1, 0.15) is 0 Å². The number of aryl methyl sites for hydroxylation is 1. The zero-order valence-electron chi connectivity index (χ0n) is 13.6. The van der Waals surface area contributed by atoms with Crippen LogP contribution in [0.1, 0.15) is 42.4 Å². The number of hydrogen-bond acceptors (Lipinski definition) is 2. The number of carbonyl (C=O) groups excluding carboxylic acids is 1. The molecular weight excluding hydrogens is 284 g/mol. The summed E-state index contributed by atoms with van der Waals surface area (Å²) in [6.07, 6.45) is 1.70. The first-order chi connectivity index (χ1) is 11.2. The highest BCUT2D eigenvalue weighted by Crippen LogP contribution is 2.47.